The van der Waals surface area contributed by atoms with Crippen molar-refractivity contribution in [3.8, 4) is 11.5 Å². The van der Waals surface area contributed by atoms with E-state index in [-0.39, 0.29) is 0 Å². The van der Waals surface area contributed by atoms with Crippen LogP contribution < -0.4 is 14.4 Å². The van der Waals surface area contributed by atoms with Gasteiger partial charge >= 0.3 is 0 Å². The number of piperazine rings is 1. The SMILES string of the molecule is COc1ccc([C@@H](O)CN2CCN(c3cccc(C)c3)CC2)cc1OC. The largest absolute Gasteiger partial charge is 0.493 e. The molecule has 5 heteroatoms. The van der Waals surface area contributed by atoms with Gasteiger partial charge in [-0.25, -0.2) is 0 Å². The van der Waals surface area contributed by atoms with Crippen LogP contribution in [-0.4, -0.2) is 56.9 Å². The molecule has 1 atom stereocenters. The van der Waals surface area contributed by atoms with Gasteiger partial charge in [0, 0.05) is 38.4 Å². The van der Waals surface area contributed by atoms with Crippen molar-refractivity contribution in [2.45, 2.75) is 13.0 Å². The first-order valence-electron chi connectivity index (χ1n) is 9.04. The molecule has 0 aromatic heterocycles. The van der Waals surface area contributed by atoms with Crippen LogP contribution in [0.1, 0.15) is 17.2 Å². The van der Waals surface area contributed by atoms with Crippen LogP contribution in [0.15, 0.2) is 42.5 Å². The van der Waals surface area contributed by atoms with Crippen molar-refractivity contribution in [2.75, 3.05) is 51.8 Å². The number of β-amino-alcohol motifs (C(OH)–C–C–N with tert-alkyl or cyclic N) is 1. The van der Waals surface area contributed by atoms with Gasteiger partial charge in [-0.15, -0.1) is 0 Å². The summed E-state index contributed by atoms with van der Waals surface area (Å²) < 4.78 is 10.6. The van der Waals surface area contributed by atoms with E-state index in [1.165, 1.54) is 11.3 Å². The average molecular weight is 356 g/mol. The molecule has 26 heavy (non-hydrogen) atoms. The van der Waals surface area contributed by atoms with E-state index < -0.39 is 6.10 Å². The van der Waals surface area contributed by atoms with Crippen molar-refractivity contribution in [3.63, 3.8) is 0 Å². The Hall–Kier alpha value is -2.24. The second-order valence-corrected chi connectivity index (χ2v) is 6.76. The summed E-state index contributed by atoms with van der Waals surface area (Å²) in [5.74, 6) is 1.32. The highest BCUT2D eigenvalue weighted by Crippen LogP contribution is 2.30. The highest BCUT2D eigenvalue weighted by molar-refractivity contribution is 5.49. The minimum Gasteiger partial charge on any atom is -0.493 e. The summed E-state index contributed by atoms with van der Waals surface area (Å²) in [4.78, 5) is 4.72. The van der Waals surface area contributed by atoms with Crippen molar-refractivity contribution < 1.29 is 14.6 Å². The van der Waals surface area contributed by atoms with E-state index in [0.717, 1.165) is 31.7 Å². The van der Waals surface area contributed by atoms with Crippen molar-refractivity contribution in [1.82, 2.24) is 4.90 Å². The van der Waals surface area contributed by atoms with Crippen molar-refractivity contribution in [3.05, 3.63) is 53.6 Å². The first-order valence-corrected chi connectivity index (χ1v) is 9.04. The second-order valence-electron chi connectivity index (χ2n) is 6.76. The summed E-state index contributed by atoms with van der Waals surface area (Å²) in [6.07, 6.45) is -0.541. The molecule has 1 saturated heterocycles. The second kappa shape index (κ2) is 8.43. The molecule has 1 fully saturated rings. The van der Waals surface area contributed by atoms with Gasteiger partial charge in [-0.2, -0.15) is 0 Å². The van der Waals surface area contributed by atoms with Crippen LogP contribution >= 0.6 is 0 Å². The van der Waals surface area contributed by atoms with Gasteiger partial charge in [-0.05, 0) is 42.3 Å². The number of hydrogen-bond acceptors (Lipinski definition) is 5. The molecule has 0 aliphatic carbocycles. The highest BCUT2D eigenvalue weighted by Gasteiger charge is 2.21. The zero-order valence-corrected chi connectivity index (χ0v) is 15.8. The number of aryl methyl sites for hydroxylation is 1. The van der Waals surface area contributed by atoms with Crippen LogP contribution in [0.4, 0.5) is 5.69 Å². The van der Waals surface area contributed by atoms with E-state index >= 15 is 0 Å². The topological polar surface area (TPSA) is 45.2 Å². The third-order valence-corrected chi connectivity index (χ3v) is 4.96. The van der Waals surface area contributed by atoms with Gasteiger partial charge < -0.3 is 19.5 Å². The normalized spacial score (nSPS) is 16.4. The van der Waals surface area contributed by atoms with Crippen molar-refractivity contribution in [1.29, 1.82) is 0 Å². The Morgan fingerprint density at radius 3 is 2.35 bits per heavy atom. The van der Waals surface area contributed by atoms with E-state index in [1.807, 2.05) is 18.2 Å². The predicted molar refractivity (Wildman–Crippen MR) is 104 cm³/mol. The van der Waals surface area contributed by atoms with Gasteiger partial charge in [0.2, 0.25) is 0 Å². The van der Waals surface area contributed by atoms with Gasteiger partial charge in [-0.1, -0.05) is 18.2 Å². The van der Waals surface area contributed by atoms with Crippen LogP contribution in [-0.2, 0) is 0 Å². The number of nitrogens with zero attached hydrogens (tertiary/aromatic N) is 2. The number of hydrogen-bond donors (Lipinski definition) is 1. The van der Waals surface area contributed by atoms with Crippen LogP contribution in [0.5, 0.6) is 11.5 Å². The summed E-state index contributed by atoms with van der Waals surface area (Å²) in [6, 6.07) is 14.2. The minimum absolute atomic E-state index is 0.541. The predicted octanol–water partition coefficient (Wildman–Crippen LogP) is 2.87. The molecule has 2 aromatic carbocycles. The van der Waals surface area contributed by atoms with Crippen molar-refractivity contribution in [2.24, 2.45) is 0 Å². The lowest BCUT2D eigenvalue weighted by Crippen LogP contribution is -2.47. The molecule has 140 valence electrons. The number of aliphatic hydroxyl groups excluding tert-OH is 1. The molecule has 0 bridgehead atoms. The van der Waals surface area contributed by atoms with Crippen LogP contribution in [0.2, 0.25) is 0 Å². The van der Waals surface area contributed by atoms with E-state index in [2.05, 4.69) is 41.0 Å². The molecule has 1 heterocycles. The zero-order chi connectivity index (χ0) is 18.5. The molecule has 2 aromatic rings. The lowest BCUT2D eigenvalue weighted by molar-refractivity contribution is 0.109. The Morgan fingerprint density at radius 1 is 0.962 bits per heavy atom. The van der Waals surface area contributed by atoms with E-state index in [9.17, 15) is 5.11 Å². The Balaban J connectivity index is 1.57. The fourth-order valence-corrected chi connectivity index (χ4v) is 3.42. The van der Waals surface area contributed by atoms with E-state index in [1.54, 1.807) is 14.2 Å². The standard InChI is InChI=1S/C21H28N2O3/c1-16-5-4-6-18(13-16)23-11-9-22(10-12-23)15-19(24)17-7-8-20(25-2)21(14-17)26-3/h4-8,13-14,19,24H,9-12,15H2,1-3H3/t19-/m0/s1. The maximum Gasteiger partial charge on any atom is 0.161 e. The summed E-state index contributed by atoms with van der Waals surface area (Å²) in [7, 11) is 3.22. The average Bonchev–Trinajstić information content (AvgIpc) is 2.68. The third-order valence-electron chi connectivity index (χ3n) is 4.96. The Labute approximate surface area is 155 Å². The van der Waals surface area contributed by atoms with Crippen LogP contribution in [0.3, 0.4) is 0 Å². The number of methoxy groups -OCH3 is 2. The minimum atomic E-state index is -0.541. The van der Waals surface area contributed by atoms with Crippen LogP contribution in [0, 0.1) is 6.92 Å². The van der Waals surface area contributed by atoms with Gasteiger partial charge in [-0.3, -0.25) is 4.90 Å². The van der Waals surface area contributed by atoms with Gasteiger partial charge in [0.25, 0.3) is 0 Å². The summed E-state index contributed by atoms with van der Waals surface area (Å²) in [5, 5.41) is 10.6. The first-order chi connectivity index (χ1) is 12.6. The molecule has 0 radical (unpaired) electrons. The number of ether oxygens (including phenoxy) is 2. The number of aliphatic hydroxyl groups is 1. The van der Waals surface area contributed by atoms with Gasteiger partial charge in [0.1, 0.15) is 0 Å². The summed E-state index contributed by atoms with van der Waals surface area (Å²) >= 11 is 0. The summed E-state index contributed by atoms with van der Waals surface area (Å²) in [5.41, 5.74) is 3.42. The zero-order valence-electron chi connectivity index (χ0n) is 15.8. The smallest absolute Gasteiger partial charge is 0.161 e. The molecule has 5 nitrogen and oxygen atoms in total. The lowest BCUT2D eigenvalue weighted by atomic mass is 10.1. The molecule has 0 amide bonds. The highest BCUT2D eigenvalue weighted by atomic mass is 16.5. The quantitative estimate of drug-likeness (QED) is 0.862. The Morgan fingerprint density at radius 2 is 1.69 bits per heavy atom. The molecular weight excluding hydrogens is 328 g/mol. The summed E-state index contributed by atoms with van der Waals surface area (Å²) in [6.45, 7) is 6.58. The monoisotopic (exact) mass is 356 g/mol. The number of benzene rings is 2. The maximum absolute atomic E-state index is 10.6. The molecule has 1 aliphatic heterocycles. The first kappa shape index (κ1) is 18.5. The molecule has 3 rings (SSSR count). The van der Waals surface area contributed by atoms with Crippen molar-refractivity contribution >= 4 is 5.69 Å². The molecule has 0 unspecified atom stereocenters. The Kier molecular flexibility index (Phi) is 6.01. The third kappa shape index (κ3) is 4.29. The Bertz CT molecular complexity index is 727. The molecule has 0 spiro atoms. The molecule has 1 N–H and O–H groups in total. The number of rotatable bonds is 6. The van der Waals surface area contributed by atoms with Gasteiger partial charge in [0.05, 0.1) is 20.3 Å². The van der Waals surface area contributed by atoms with Crippen LogP contribution in [0.25, 0.3) is 0 Å². The molecule has 1 aliphatic rings. The number of anilines is 1. The fourth-order valence-electron chi connectivity index (χ4n) is 3.42. The van der Waals surface area contributed by atoms with E-state index in [0.29, 0.717) is 18.0 Å². The van der Waals surface area contributed by atoms with Gasteiger partial charge in [0.15, 0.2) is 11.5 Å². The lowest BCUT2D eigenvalue weighted by Gasteiger charge is -2.37. The molecule has 0 saturated carbocycles. The van der Waals surface area contributed by atoms with E-state index in [4.69, 9.17) is 9.47 Å². The molecular formula is C21H28N2O3. The maximum atomic E-state index is 10.6. The fraction of sp³-hybridized carbons (Fsp3) is 0.429.